The highest BCUT2D eigenvalue weighted by atomic mass is 16.5. The monoisotopic (exact) mass is 441 g/mol. The summed E-state index contributed by atoms with van der Waals surface area (Å²) in [6, 6.07) is 22.4. The quantitative estimate of drug-likeness (QED) is 0.477. The molecule has 0 saturated carbocycles. The Morgan fingerprint density at radius 2 is 1.73 bits per heavy atom. The molecule has 4 aromatic rings. The Bertz CT molecular complexity index is 1210. The van der Waals surface area contributed by atoms with Gasteiger partial charge in [0.25, 0.3) is 5.91 Å². The van der Waals surface area contributed by atoms with E-state index < -0.39 is 0 Å². The molecule has 0 unspecified atom stereocenters. The van der Waals surface area contributed by atoms with Crippen LogP contribution in [0.2, 0.25) is 0 Å². The molecule has 7 heteroatoms. The van der Waals surface area contributed by atoms with Gasteiger partial charge in [0, 0.05) is 37.8 Å². The first-order valence-electron chi connectivity index (χ1n) is 11.3. The van der Waals surface area contributed by atoms with Gasteiger partial charge in [0.1, 0.15) is 0 Å². The minimum atomic E-state index is -0.149. The first kappa shape index (κ1) is 21.3. The Balaban J connectivity index is 1.18. The zero-order valence-corrected chi connectivity index (χ0v) is 18.4. The van der Waals surface area contributed by atoms with Crippen molar-refractivity contribution in [3.8, 4) is 0 Å². The molecular weight excluding hydrogens is 414 g/mol. The van der Waals surface area contributed by atoms with Crippen LogP contribution in [0, 0.1) is 0 Å². The summed E-state index contributed by atoms with van der Waals surface area (Å²) in [7, 11) is 0. The van der Waals surface area contributed by atoms with Crippen molar-refractivity contribution in [2.24, 2.45) is 0 Å². The van der Waals surface area contributed by atoms with Crippen molar-refractivity contribution in [1.82, 2.24) is 25.0 Å². The van der Waals surface area contributed by atoms with Crippen LogP contribution >= 0.6 is 0 Å². The van der Waals surface area contributed by atoms with E-state index >= 15 is 0 Å². The fourth-order valence-corrected chi connectivity index (χ4v) is 4.17. The molecule has 1 amide bonds. The Morgan fingerprint density at radius 3 is 2.48 bits per heavy atom. The molecule has 1 aliphatic rings. The number of hydrogen-bond acceptors (Lipinski definition) is 5. The van der Waals surface area contributed by atoms with Gasteiger partial charge in [-0.25, -0.2) is 9.67 Å². The number of carbonyl (C=O) groups excluding carboxylic acids is 1. The van der Waals surface area contributed by atoms with E-state index in [-0.39, 0.29) is 12.0 Å². The molecule has 168 valence electrons. The van der Waals surface area contributed by atoms with Gasteiger partial charge in [-0.05, 0) is 17.2 Å². The van der Waals surface area contributed by atoms with Crippen molar-refractivity contribution in [1.29, 1.82) is 0 Å². The second kappa shape index (κ2) is 9.94. The van der Waals surface area contributed by atoms with Crippen LogP contribution in [0.4, 0.5) is 0 Å². The minimum Gasteiger partial charge on any atom is -0.374 e. The average molecular weight is 442 g/mol. The third kappa shape index (κ3) is 5.27. The standard InChI is InChI=1S/C26H27N5O2/c32-26(28-16-24-19-30(11-12-33-24)17-20-7-3-1-4-8-20)23-13-22-15-29-31(25(22)27-14-23)18-21-9-5-2-6-10-21/h1-10,13-15,24H,11-12,16-19H2,(H,28,32)/t24-/m0/s1. The van der Waals surface area contributed by atoms with Gasteiger partial charge in [0.15, 0.2) is 5.65 Å². The second-order valence-electron chi connectivity index (χ2n) is 8.35. The third-order valence-electron chi connectivity index (χ3n) is 5.88. The average Bonchev–Trinajstić information content (AvgIpc) is 3.26. The number of pyridine rings is 1. The summed E-state index contributed by atoms with van der Waals surface area (Å²) in [5.74, 6) is -0.149. The topological polar surface area (TPSA) is 72.3 Å². The number of nitrogens with one attached hydrogen (secondary N) is 1. The number of carbonyl (C=O) groups is 1. The smallest absolute Gasteiger partial charge is 0.252 e. The predicted molar refractivity (Wildman–Crippen MR) is 127 cm³/mol. The molecule has 2 aromatic heterocycles. The maximum atomic E-state index is 12.8. The van der Waals surface area contributed by atoms with Crippen LogP contribution in [0.1, 0.15) is 21.5 Å². The van der Waals surface area contributed by atoms with E-state index in [0.717, 1.165) is 36.2 Å². The molecule has 33 heavy (non-hydrogen) atoms. The van der Waals surface area contributed by atoms with Gasteiger partial charge in [0.2, 0.25) is 0 Å². The molecule has 1 atom stereocenters. The lowest BCUT2D eigenvalue weighted by atomic mass is 10.2. The van der Waals surface area contributed by atoms with Crippen LogP contribution in [-0.2, 0) is 17.8 Å². The van der Waals surface area contributed by atoms with Crippen LogP contribution in [0.25, 0.3) is 11.0 Å². The molecule has 0 radical (unpaired) electrons. The zero-order valence-electron chi connectivity index (χ0n) is 18.4. The first-order chi connectivity index (χ1) is 16.2. The summed E-state index contributed by atoms with van der Waals surface area (Å²) in [4.78, 5) is 19.6. The molecule has 1 aliphatic heterocycles. The summed E-state index contributed by atoms with van der Waals surface area (Å²) in [5.41, 5.74) is 3.73. The summed E-state index contributed by atoms with van der Waals surface area (Å²) in [6.45, 7) is 4.35. The predicted octanol–water partition coefficient (Wildman–Crippen LogP) is 3.11. The summed E-state index contributed by atoms with van der Waals surface area (Å²) >= 11 is 0. The van der Waals surface area contributed by atoms with Gasteiger partial charge in [0.05, 0.1) is 31.0 Å². The second-order valence-corrected chi connectivity index (χ2v) is 8.35. The van der Waals surface area contributed by atoms with E-state index in [1.54, 1.807) is 12.4 Å². The highest BCUT2D eigenvalue weighted by Gasteiger charge is 2.21. The highest BCUT2D eigenvalue weighted by molar-refractivity contribution is 5.96. The number of nitrogens with zero attached hydrogens (tertiary/aromatic N) is 4. The van der Waals surface area contributed by atoms with E-state index in [1.807, 2.05) is 35.0 Å². The Morgan fingerprint density at radius 1 is 1.00 bits per heavy atom. The molecule has 2 aromatic carbocycles. The number of aromatic nitrogens is 3. The molecule has 1 fully saturated rings. The highest BCUT2D eigenvalue weighted by Crippen LogP contribution is 2.15. The van der Waals surface area contributed by atoms with Gasteiger partial charge < -0.3 is 10.1 Å². The number of amides is 1. The molecule has 0 spiro atoms. The largest absolute Gasteiger partial charge is 0.374 e. The maximum absolute atomic E-state index is 12.8. The van der Waals surface area contributed by atoms with Crippen LogP contribution in [-0.4, -0.2) is 57.9 Å². The molecule has 7 nitrogen and oxygen atoms in total. The van der Waals surface area contributed by atoms with Crippen molar-refractivity contribution >= 4 is 16.9 Å². The number of morpholine rings is 1. The van der Waals surface area contributed by atoms with Crippen molar-refractivity contribution in [3.63, 3.8) is 0 Å². The van der Waals surface area contributed by atoms with Gasteiger partial charge in [-0.15, -0.1) is 0 Å². The zero-order chi connectivity index (χ0) is 22.5. The molecule has 0 aliphatic carbocycles. The molecule has 1 saturated heterocycles. The van der Waals surface area contributed by atoms with Gasteiger partial charge in [-0.1, -0.05) is 60.7 Å². The van der Waals surface area contributed by atoms with Crippen LogP contribution < -0.4 is 5.32 Å². The molecule has 5 rings (SSSR count). The SMILES string of the molecule is O=C(NC[C@H]1CN(Cc2ccccc2)CCO1)c1cnc2c(cnn2Cc2ccccc2)c1. The lowest BCUT2D eigenvalue weighted by molar-refractivity contribution is -0.0292. The fraction of sp³-hybridized carbons (Fsp3) is 0.269. The van der Waals surface area contributed by atoms with Crippen molar-refractivity contribution in [2.45, 2.75) is 19.2 Å². The van der Waals surface area contributed by atoms with Crippen molar-refractivity contribution in [2.75, 3.05) is 26.2 Å². The van der Waals surface area contributed by atoms with Gasteiger partial charge in [-0.3, -0.25) is 9.69 Å². The normalized spacial score (nSPS) is 16.7. The maximum Gasteiger partial charge on any atom is 0.252 e. The fourth-order valence-electron chi connectivity index (χ4n) is 4.17. The van der Waals surface area contributed by atoms with E-state index in [2.05, 4.69) is 56.7 Å². The molecule has 3 heterocycles. The summed E-state index contributed by atoms with van der Waals surface area (Å²) in [5, 5.41) is 8.31. The molecule has 0 bridgehead atoms. The summed E-state index contributed by atoms with van der Waals surface area (Å²) in [6.07, 6.45) is 3.34. The van der Waals surface area contributed by atoms with Gasteiger partial charge in [-0.2, -0.15) is 5.10 Å². The first-order valence-corrected chi connectivity index (χ1v) is 11.3. The molecule has 1 N–H and O–H groups in total. The molecular formula is C26H27N5O2. The van der Waals surface area contributed by atoms with E-state index in [9.17, 15) is 4.79 Å². The number of hydrogen-bond donors (Lipinski definition) is 1. The number of rotatable bonds is 7. The lowest BCUT2D eigenvalue weighted by Crippen LogP contribution is -2.47. The van der Waals surface area contributed by atoms with E-state index in [1.165, 1.54) is 5.56 Å². The Labute approximate surface area is 193 Å². The van der Waals surface area contributed by atoms with E-state index in [0.29, 0.717) is 25.3 Å². The van der Waals surface area contributed by atoms with E-state index in [4.69, 9.17) is 4.74 Å². The van der Waals surface area contributed by atoms with Crippen molar-refractivity contribution < 1.29 is 9.53 Å². The Hall–Kier alpha value is -3.55. The van der Waals surface area contributed by atoms with Gasteiger partial charge >= 0.3 is 0 Å². The van der Waals surface area contributed by atoms with Crippen LogP contribution in [0.15, 0.2) is 79.1 Å². The number of fused-ring (bicyclic) bond motifs is 1. The minimum absolute atomic E-state index is 0.0308. The third-order valence-corrected chi connectivity index (χ3v) is 5.88. The number of ether oxygens (including phenoxy) is 1. The van der Waals surface area contributed by atoms with Crippen LogP contribution in [0.5, 0.6) is 0 Å². The lowest BCUT2D eigenvalue weighted by Gasteiger charge is -2.33. The number of benzene rings is 2. The van der Waals surface area contributed by atoms with Crippen molar-refractivity contribution in [3.05, 3.63) is 95.8 Å². The Kier molecular flexibility index (Phi) is 6.41. The summed E-state index contributed by atoms with van der Waals surface area (Å²) < 4.78 is 7.73. The van der Waals surface area contributed by atoms with Crippen LogP contribution in [0.3, 0.4) is 0 Å².